The number of rotatable bonds is 5. The largest absolute Gasteiger partial charge is 0.354 e. The first kappa shape index (κ1) is 17.7. The summed E-state index contributed by atoms with van der Waals surface area (Å²) in [4.78, 5) is 10.4. The first-order valence-electron chi connectivity index (χ1n) is 7.69. The Morgan fingerprint density at radius 2 is 1.84 bits per heavy atom. The van der Waals surface area contributed by atoms with Gasteiger partial charge in [0.1, 0.15) is 0 Å². The lowest BCUT2D eigenvalue weighted by Gasteiger charge is -2.16. The standard InChI is InChI=1S/C16H16ClN3O4S/c17-15-11-13(20(21)22)6-7-16(15)18-12-4-3-5-14(10-12)25(23,24)19-8-1-2-9-19/h3-7,10-11,18H,1-2,8-9H2. The Bertz CT molecular complexity index is 911. The van der Waals surface area contributed by atoms with Crippen molar-refractivity contribution in [2.45, 2.75) is 17.7 Å². The summed E-state index contributed by atoms with van der Waals surface area (Å²) in [5.74, 6) is 0. The van der Waals surface area contributed by atoms with E-state index < -0.39 is 14.9 Å². The molecule has 0 saturated carbocycles. The van der Waals surface area contributed by atoms with E-state index in [0.29, 0.717) is 24.5 Å². The van der Waals surface area contributed by atoms with Crippen molar-refractivity contribution >= 4 is 38.7 Å². The van der Waals surface area contributed by atoms with Crippen LogP contribution in [0.1, 0.15) is 12.8 Å². The highest BCUT2D eigenvalue weighted by Gasteiger charge is 2.27. The number of sulfonamides is 1. The minimum atomic E-state index is -3.51. The number of nitrogens with zero attached hydrogens (tertiary/aromatic N) is 2. The number of nitrogens with one attached hydrogen (secondary N) is 1. The van der Waals surface area contributed by atoms with Gasteiger partial charge in [0.25, 0.3) is 5.69 Å². The van der Waals surface area contributed by atoms with Crippen molar-refractivity contribution in [1.82, 2.24) is 4.31 Å². The molecular formula is C16H16ClN3O4S. The molecule has 0 bridgehead atoms. The van der Waals surface area contributed by atoms with E-state index in [2.05, 4.69) is 5.32 Å². The summed E-state index contributed by atoms with van der Waals surface area (Å²) in [6.45, 7) is 1.07. The zero-order valence-electron chi connectivity index (χ0n) is 13.2. The monoisotopic (exact) mass is 381 g/mol. The van der Waals surface area contributed by atoms with E-state index in [0.717, 1.165) is 12.8 Å². The number of anilines is 2. The van der Waals surface area contributed by atoms with E-state index in [1.165, 1.54) is 28.6 Å². The maximum Gasteiger partial charge on any atom is 0.271 e. The van der Waals surface area contributed by atoms with E-state index in [-0.39, 0.29) is 15.6 Å². The van der Waals surface area contributed by atoms with Crippen molar-refractivity contribution < 1.29 is 13.3 Å². The van der Waals surface area contributed by atoms with Gasteiger partial charge in [-0.25, -0.2) is 8.42 Å². The van der Waals surface area contributed by atoms with Gasteiger partial charge >= 0.3 is 0 Å². The molecular weight excluding hydrogens is 366 g/mol. The maximum absolute atomic E-state index is 12.6. The summed E-state index contributed by atoms with van der Waals surface area (Å²) in [6.07, 6.45) is 1.74. The fourth-order valence-electron chi connectivity index (χ4n) is 2.69. The molecule has 0 atom stereocenters. The lowest BCUT2D eigenvalue weighted by atomic mass is 10.2. The fourth-order valence-corrected chi connectivity index (χ4v) is 4.47. The number of hydrogen-bond donors (Lipinski definition) is 1. The second kappa shape index (κ2) is 6.99. The van der Waals surface area contributed by atoms with Crippen molar-refractivity contribution in [2.24, 2.45) is 0 Å². The highest BCUT2D eigenvalue weighted by molar-refractivity contribution is 7.89. The topological polar surface area (TPSA) is 92.5 Å². The SMILES string of the molecule is O=[N+]([O-])c1ccc(Nc2cccc(S(=O)(=O)N3CCCC3)c2)c(Cl)c1. The molecule has 1 fully saturated rings. The minimum absolute atomic E-state index is 0.110. The van der Waals surface area contributed by atoms with E-state index in [1.54, 1.807) is 18.2 Å². The maximum atomic E-state index is 12.6. The number of halogens is 1. The molecule has 7 nitrogen and oxygen atoms in total. The quantitative estimate of drug-likeness (QED) is 0.628. The predicted octanol–water partition coefficient (Wildman–Crippen LogP) is 3.78. The van der Waals surface area contributed by atoms with Crippen LogP contribution < -0.4 is 5.32 Å². The molecule has 1 aliphatic heterocycles. The minimum Gasteiger partial charge on any atom is -0.354 e. The average Bonchev–Trinajstić information content (AvgIpc) is 3.12. The Labute approximate surface area is 150 Å². The molecule has 2 aromatic carbocycles. The van der Waals surface area contributed by atoms with Crippen molar-refractivity contribution in [1.29, 1.82) is 0 Å². The molecule has 1 N–H and O–H groups in total. The highest BCUT2D eigenvalue weighted by atomic mass is 35.5. The molecule has 0 aromatic heterocycles. The van der Waals surface area contributed by atoms with Crippen molar-refractivity contribution in [2.75, 3.05) is 18.4 Å². The zero-order chi connectivity index (χ0) is 18.0. The van der Waals surface area contributed by atoms with Crippen LogP contribution in [0.25, 0.3) is 0 Å². The van der Waals surface area contributed by atoms with E-state index in [9.17, 15) is 18.5 Å². The Morgan fingerprint density at radius 1 is 1.12 bits per heavy atom. The summed E-state index contributed by atoms with van der Waals surface area (Å²) in [6, 6.07) is 10.5. The van der Waals surface area contributed by atoms with Gasteiger partial charge in [-0.05, 0) is 37.1 Å². The lowest BCUT2D eigenvalue weighted by molar-refractivity contribution is -0.384. The van der Waals surface area contributed by atoms with Crippen LogP contribution in [0.3, 0.4) is 0 Å². The Kier molecular flexibility index (Phi) is 4.94. The molecule has 3 rings (SSSR count). The first-order valence-corrected chi connectivity index (χ1v) is 9.51. The Morgan fingerprint density at radius 3 is 2.48 bits per heavy atom. The van der Waals surface area contributed by atoms with Gasteiger partial charge in [0, 0.05) is 30.9 Å². The summed E-state index contributed by atoms with van der Waals surface area (Å²) >= 11 is 6.06. The van der Waals surface area contributed by atoms with Gasteiger partial charge in [0.15, 0.2) is 0 Å². The number of non-ortho nitro benzene ring substituents is 1. The predicted molar refractivity (Wildman–Crippen MR) is 95.8 cm³/mol. The summed E-state index contributed by atoms with van der Waals surface area (Å²) < 4.78 is 26.7. The third-order valence-corrected chi connectivity index (χ3v) is 6.19. The third-order valence-electron chi connectivity index (χ3n) is 3.98. The second-order valence-electron chi connectivity index (χ2n) is 5.69. The first-order chi connectivity index (χ1) is 11.9. The number of benzene rings is 2. The molecule has 0 aliphatic carbocycles. The molecule has 0 unspecified atom stereocenters. The van der Waals surface area contributed by atoms with Gasteiger partial charge in [-0.2, -0.15) is 4.31 Å². The molecule has 1 heterocycles. The van der Waals surface area contributed by atoms with Crippen LogP contribution in [0.2, 0.25) is 5.02 Å². The average molecular weight is 382 g/mol. The van der Waals surface area contributed by atoms with Gasteiger partial charge in [-0.3, -0.25) is 10.1 Å². The van der Waals surface area contributed by atoms with Crippen molar-refractivity contribution in [3.63, 3.8) is 0 Å². The molecule has 2 aromatic rings. The van der Waals surface area contributed by atoms with Gasteiger partial charge < -0.3 is 5.32 Å². The van der Waals surface area contributed by atoms with Crippen LogP contribution in [0, 0.1) is 10.1 Å². The lowest BCUT2D eigenvalue weighted by Crippen LogP contribution is -2.27. The zero-order valence-corrected chi connectivity index (χ0v) is 14.8. The fraction of sp³-hybridized carbons (Fsp3) is 0.250. The molecule has 132 valence electrons. The van der Waals surface area contributed by atoms with Crippen molar-refractivity contribution in [3.05, 3.63) is 57.6 Å². The van der Waals surface area contributed by atoms with Crippen LogP contribution >= 0.6 is 11.6 Å². The van der Waals surface area contributed by atoms with Gasteiger partial charge in [-0.1, -0.05) is 17.7 Å². The van der Waals surface area contributed by atoms with E-state index in [1.807, 2.05) is 0 Å². The van der Waals surface area contributed by atoms with E-state index in [4.69, 9.17) is 11.6 Å². The molecule has 0 spiro atoms. The summed E-state index contributed by atoms with van der Waals surface area (Å²) in [5.41, 5.74) is 0.889. The molecule has 1 aliphatic rings. The van der Waals surface area contributed by atoms with Crippen LogP contribution in [0.5, 0.6) is 0 Å². The summed E-state index contributed by atoms with van der Waals surface area (Å²) in [5, 5.41) is 13.9. The van der Waals surface area contributed by atoms with Crippen LogP contribution in [0.15, 0.2) is 47.4 Å². The highest BCUT2D eigenvalue weighted by Crippen LogP contribution is 2.30. The van der Waals surface area contributed by atoms with Crippen LogP contribution in [-0.4, -0.2) is 30.7 Å². The van der Waals surface area contributed by atoms with Crippen molar-refractivity contribution in [3.8, 4) is 0 Å². The second-order valence-corrected chi connectivity index (χ2v) is 8.03. The summed E-state index contributed by atoms with van der Waals surface area (Å²) in [7, 11) is -3.51. The smallest absolute Gasteiger partial charge is 0.271 e. The third kappa shape index (κ3) is 3.76. The molecule has 9 heteroatoms. The Balaban J connectivity index is 1.86. The van der Waals surface area contributed by atoms with Gasteiger partial charge in [0.2, 0.25) is 10.0 Å². The normalized spacial score (nSPS) is 15.2. The number of hydrogen-bond acceptors (Lipinski definition) is 5. The molecule has 1 saturated heterocycles. The van der Waals surface area contributed by atoms with Crippen LogP contribution in [-0.2, 0) is 10.0 Å². The number of nitro groups is 1. The molecule has 25 heavy (non-hydrogen) atoms. The van der Waals surface area contributed by atoms with Gasteiger partial charge in [-0.15, -0.1) is 0 Å². The molecule has 0 radical (unpaired) electrons. The molecule has 0 amide bonds. The van der Waals surface area contributed by atoms with E-state index >= 15 is 0 Å². The number of nitro benzene ring substituents is 1. The Hall–Kier alpha value is -2.16. The van der Waals surface area contributed by atoms with Crippen LogP contribution in [0.4, 0.5) is 17.1 Å². The van der Waals surface area contributed by atoms with Gasteiger partial charge in [0.05, 0.1) is 20.5 Å².